The van der Waals surface area contributed by atoms with Gasteiger partial charge >= 0.3 is 0 Å². The molecule has 0 saturated carbocycles. The van der Waals surface area contributed by atoms with Gasteiger partial charge < -0.3 is 16.9 Å². The molecule has 0 saturated heterocycles. The normalized spacial score (nSPS) is 11.5. The summed E-state index contributed by atoms with van der Waals surface area (Å²) in [6.07, 6.45) is 24.3. The van der Waals surface area contributed by atoms with E-state index in [1.807, 2.05) is 0 Å². The van der Waals surface area contributed by atoms with E-state index in [-0.39, 0.29) is 12.4 Å². The van der Waals surface area contributed by atoms with Crippen molar-refractivity contribution in [3.05, 3.63) is 35.4 Å². The van der Waals surface area contributed by atoms with Crippen LogP contribution < -0.4 is 12.4 Å². The second-order valence-electron chi connectivity index (χ2n) is 10.2. The minimum atomic E-state index is 0. The van der Waals surface area contributed by atoms with Crippen molar-refractivity contribution in [1.29, 1.82) is 0 Å². The Hall–Kier alpha value is -0.530. The van der Waals surface area contributed by atoms with E-state index in [2.05, 4.69) is 52.2 Å². The molecule has 1 aromatic rings. The van der Waals surface area contributed by atoms with Gasteiger partial charge in [-0.2, -0.15) is 0 Å². The molecular weight excluding hydrogens is 398 g/mol. The molecule has 1 nitrogen and oxygen atoms in total. The fourth-order valence-corrected chi connectivity index (χ4v) is 4.68. The molecule has 0 amide bonds. The fraction of sp³-hybridized carbons (Fsp3) is 0.793. The van der Waals surface area contributed by atoms with E-state index < -0.39 is 0 Å². The minimum Gasteiger partial charge on any atom is -1.00 e. The van der Waals surface area contributed by atoms with Crippen molar-refractivity contribution in [3.8, 4) is 0 Å². The van der Waals surface area contributed by atoms with E-state index in [0.29, 0.717) is 0 Å². The third kappa shape index (κ3) is 16.7. The molecule has 0 fully saturated rings. The molecule has 1 rings (SSSR count). The van der Waals surface area contributed by atoms with E-state index in [4.69, 9.17) is 0 Å². The molecular formula is C29H54ClN. The maximum Gasteiger partial charge on any atom is 0.104 e. The monoisotopic (exact) mass is 451 g/mol. The first kappa shape index (κ1) is 30.5. The number of aryl methyl sites for hydroxylation is 1. The van der Waals surface area contributed by atoms with E-state index in [0.717, 1.165) is 10.9 Å². The van der Waals surface area contributed by atoms with Crippen LogP contribution >= 0.6 is 0 Å². The smallest absolute Gasteiger partial charge is 0.104 e. The van der Waals surface area contributed by atoms with E-state index in [1.54, 1.807) is 5.56 Å². The van der Waals surface area contributed by atoms with Gasteiger partial charge in [-0.1, -0.05) is 128 Å². The lowest BCUT2D eigenvalue weighted by Crippen LogP contribution is -3.00. The Balaban J connectivity index is 0.00000900. The minimum absolute atomic E-state index is 0. The molecule has 0 aliphatic heterocycles. The Kier molecular flexibility index (Phi) is 19.8. The van der Waals surface area contributed by atoms with Gasteiger partial charge in [-0.05, 0) is 24.8 Å². The molecule has 0 spiro atoms. The molecule has 2 heteroatoms. The van der Waals surface area contributed by atoms with Crippen LogP contribution in [0.5, 0.6) is 0 Å². The van der Waals surface area contributed by atoms with Gasteiger partial charge in [0.25, 0.3) is 0 Å². The molecule has 0 unspecified atom stereocenters. The molecule has 0 aliphatic carbocycles. The standard InChI is InChI=1S/C29H54N.ClH/c1-5-7-8-9-10-11-12-13-14-15-16-17-18-19-20-23-26-30(3,4)27-29-25-22-21-24-28(29)6-2;/h21-22,24-25H,5-20,23,26-27H2,1-4H3;1H/q+1;/p-1. The first-order valence-corrected chi connectivity index (χ1v) is 13.5. The van der Waals surface area contributed by atoms with Gasteiger partial charge in [0.15, 0.2) is 0 Å². The molecule has 31 heavy (non-hydrogen) atoms. The Labute approximate surface area is 202 Å². The molecule has 0 heterocycles. The second kappa shape index (κ2) is 20.1. The predicted octanol–water partition coefficient (Wildman–Crippen LogP) is 6.09. The summed E-state index contributed by atoms with van der Waals surface area (Å²) in [7, 11) is 4.80. The van der Waals surface area contributed by atoms with Crippen LogP contribution in [0.1, 0.15) is 128 Å². The van der Waals surface area contributed by atoms with E-state index in [9.17, 15) is 0 Å². The lowest BCUT2D eigenvalue weighted by molar-refractivity contribution is -0.903. The summed E-state index contributed by atoms with van der Waals surface area (Å²) >= 11 is 0. The average Bonchev–Trinajstić information content (AvgIpc) is 2.73. The van der Waals surface area contributed by atoms with Gasteiger partial charge in [0, 0.05) is 5.56 Å². The van der Waals surface area contributed by atoms with Crippen LogP contribution in [0.3, 0.4) is 0 Å². The van der Waals surface area contributed by atoms with Crippen molar-refractivity contribution in [1.82, 2.24) is 0 Å². The van der Waals surface area contributed by atoms with Crippen LogP contribution in [0.4, 0.5) is 0 Å². The van der Waals surface area contributed by atoms with E-state index >= 15 is 0 Å². The zero-order valence-corrected chi connectivity index (χ0v) is 22.3. The Bertz CT molecular complexity index is 511. The highest BCUT2D eigenvalue weighted by Crippen LogP contribution is 2.17. The van der Waals surface area contributed by atoms with Gasteiger partial charge in [-0.25, -0.2) is 0 Å². The van der Waals surface area contributed by atoms with Gasteiger partial charge in [0.05, 0.1) is 20.6 Å². The largest absolute Gasteiger partial charge is 1.00 e. The molecule has 182 valence electrons. The lowest BCUT2D eigenvalue weighted by atomic mass is 10.0. The third-order valence-corrected chi connectivity index (χ3v) is 6.71. The average molecular weight is 452 g/mol. The van der Waals surface area contributed by atoms with E-state index in [1.165, 1.54) is 121 Å². The van der Waals surface area contributed by atoms with Crippen LogP contribution in [0.15, 0.2) is 24.3 Å². The quantitative estimate of drug-likeness (QED) is 0.166. The zero-order valence-electron chi connectivity index (χ0n) is 21.6. The number of halogens is 1. The van der Waals surface area contributed by atoms with Crippen molar-refractivity contribution < 1.29 is 16.9 Å². The first-order chi connectivity index (χ1) is 14.6. The maximum absolute atomic E-state index is 2.40. The van der Waals surface area contributed by atoms with Crippen LogP contribution in [0, 0.1) is 0 Å². The highest BCUT2D eigenvalue weighted by atomic mass is 35.5. The van der Waals surface area contributed by atoms with Crippen LogP contribution in [-0.2, 0) is 13.0 Å². The molecule has 0 aliphatic rings. The van der Waals surface area contributed by atoms with Gasteiger partial charge in [-0.15, -0.1) is 0 Å². The summed E-state index contributed by atoms with van der Waals surface area (Å²) in [5, 5.41) is 0. The summed E-state index contributed by atoms with van der Waals surface area (Å²) < 4.78 is 1.12. The number of hydrogen-bond acceptors (Lipinski definition) is 0. The topological polar surface area (TPSA) is 0 Å². The van der Waals surface area contributed by atoms with Gasteiger partial charge in [-0.3, -0.25) is 0 Å². The predicted molar refractivity (Wildman–Crippen MR) is 136 cm³/mol. The molecule has 0 bridgehead atoms. The van der Waals surface area contributed by atoms with Crippen LogP contribution in [0.2, 0.25) is 0 Å². The Morgan fingerprint density at radius 1 is 0.548 bits per heavy atom. The van der Waals surface area contributed by atoms with Crippen molar-refractivity contribution >= 4 is 0 Å². The SMILES string of the molecule is CCCCCCCCCCCCCCCCCC[N+](C)(C)Cc1ccccc1CC.[Cl-]. The molecule has 1 aromatic carbocycles. The number of nitrogens with zero attached hydrogens (tertiary/aromatic N) is 1. The van der Waals surface area contributed by atoms with Crippen molar-refractivity contribution in [2.24, 2.45) is 0 Å². The van der Waals surface area contributed by atoms with Crippen LogP contribution in [-0.4, -0.2) is 25.1 Å². The van der Waals surface area contributed by atoms with Crippen molar-refractivity contribution in [2.45, 2.75) is 130 Å². The number of rotatable bonds is 20. The van der Waals surface area contributed by atoms with Crippen LogP contribution in [0.25, 0.3) is 0 Å². The van der Waals surface area contributed by atoms with Gasteiger partial charge in [0.2, 0.25) is 0 Å². The second-order valence-corrected chi connectivity index (χ2v) is 10.2. The summed E-state index contributed by atoms with van der Waals surface area (Å²) in [5.41, 5.74) is 3.07. The summed E-state index contributed by atoms with van der Waals surface area (Å²) in [6, 6.07) is 9.00. The Morgan fingerprint density at radius 2 is 0.935 bits per heavy atom. The number of unbranched alkanes of at least 4 members (excludes halogenated alkanes) is 15. The van der Waals surface area contributed by atoms with Crippen molar-refractivity contribution in [3.63, 3.8) is 0 Å². The third-order valence-electron chi connectivity index (χ3n) is 6.71. The number of hydrogen-bond donors (Lipinski definition) is 0. The molecule has 0 aromatic heterocycles. The van der Waals surface area contributed by atoms with Gasteiger partial charge in [0.1, 0.15) is 6.54 Å². The molecule has 0 radical (unpaired) electrons. The highest BCUT2D eigenvalue weighted by Gasteiger charge is 2.16. The molecule has 0 N–H and O–H groups in total. The number of benzene rings is 1. The zero-order chi connectivity index (χ0) is 21.9. The first-order valence-electron chi connectivity index (χ1n) is 13.5. The summed E-state index contributed by atoms with van der Waals surface area (Å²) in [5.74, 6) is 0. The molecule has 0 atom stereocenters. The van der Waals surface area contributed by atoms with Crippen molar-refractivity contribution in [2.75, 3.05) is 20.6 Å². The lowest BCUT2D eigenvalue weighted by Gasteiger charge is -2.30. The summed E-state index contributed by atoms with van der Waals surface area (Å²) in [6.45, 7) is 7.04. The summed E-state index contributed by atoms with van der Waals surface area (Å²) in [4.78, 5) is 0. The number of quaternary nitrogens is 1. The maximum atomic E-state index is 2.40. The fourth-order valence-electron chi connectivity index (χ4n) is 4.68. The highest BCUT2D eigenvalue weighted by molar-refractivity contribution is 5.26. The Morgan fingerprint density at radius 3 is 1.35 bits per heavy atom.